The van der Waals surface area contributed by atoms with Gasteiger partial charge in [0.2, 0.25) is 0 Å². The van der Waals surface area contributed by atoms with Crippen molar-refractivity contribution in [1.29, 1.82) is 0 Å². The molecule has 1 aliphatic rings. The highest BCUT2D eigenvalue weighted by atomic mass is 16.5. The number of nitrogens with zero attached hydrogens (tertiary/aromatic N) is 1. The Morgan fingerprint density at radius 2 is 1.95 bits per heavy atom. The van der Waals surface area contributed by atoms with Gasteiger partial charge in [-0.3, -0.25) is 4.79 Å². The number of carbonyl (C=O) groups excluding carboxylic acids is 1. The zero-order valence-corrected chi connectivity index (χ0v) is 13.5. The van der Waals surface area contributed by atoms with Gasteiger partial charge in [-0.25, -0.2) is 0 Å². The molecule has 4 nitrogen and oxygen atoms in total. The summed E-state index contributed by atoms with van der Waals surface area (Å²) in [6, 6.07) is 5.96. The topological polar surface area (TPSA) is 55.6 Å². The Labute approximate surface area is 127 Å². The lowest BCUT2D eigenvalue weighted by Gasteiger charge is -2.42. The van der Waals surface area contributed by atoms with Crippen molar-refractivity contribution in [2.45, 2.75) is 58.6 Å². The van der Waals surface area contributed by atoms with Crippen LogP contribution in [0.2, 0.25) is 0 Å². The van der Waals surface area contributed by atoms with Crippen LogP contribution in [0.1, 0.15) is 45.6 Å². The van der Waals surface area contributed by atoms with Crippen LogP contribution in [0.3, 0.4) is 0 Å². The summed E-state index contributed by atoms with van der Waals surface area (Å²) in [4.78, 5) is 14.8. The molecule has 1 aromatic carbocycles. The number of anilines is 1. The van der Waals surface area contributed by atoms with Crippen LogP contribution in [0.4, 0.5) is 5.69 Å². The molecule has 0 aromatic heterocycles. The van der Waals surface area contributed by atoms with Crippen LogP contribution in [-0.2, 0) is 4.79 Å². The number of rotatable bonds is 5. The van der Waals surface area contributed by atoms with Crippen LogP contribution < -0.4 is 15.4 Å². The number of amides is 1. The van der Waals surface area contributed by atoms with Crippen molar-refractivity contribution in [2.24, 2.45) is 5.73 Å². The van der Waals surface area contributed by atoms with Crippen LogP contribution in [0.5, 0.6) is 5.75 Å². The zero-order chi connectivity index (χ0) is 15.6. The second kappa shape index (κ2) is 6.06. The number of nitrogens with two attached hydrogens (primary N) is 1. The molecule has 116 valence electrons. The SMILES string of the molecule is CCC(N)CN1C(=O)C(CC)(CC)Oc2ccc(C)cc21. The van der Waals surface area contributed by atoms with E-state index in [9.17, 15) is 4.79 Å². The Morgan fingerprint density at radius 1 is 1.29 bits per heavy atom. The molecule has 0 aliphatic carbocycles. The highest BCUT2D eigenvalue weighted by Gasteiger charge is 2.45. The van der Waals surface area contributed by atoms with Gasteiger partial charge in [0.1, 0.15) is 5.75 Å². The first-order valence-corrected chi connectivity index (χ1v) is 7.84. The van der Waals surface area contributed by atoms with Gasteiger partial charge in [-0.05, 0) is 43.9 Å². The van der Waals surface area contributed by atoms with Gasteiger partial charge in [0.05, 0.1) is 5.69 Å². The summed E-state index contributed by atoms with van der Waals surface area (Å²) in [5.74, 6) is 0.821. The van der Waals surface area contributed by atoms with Crippen LogP contribution in [-0.4, -0.2) is 24.1 Å². The minimum absolute atomic E-state index is 0.0215. The molecular formula is C17H26N2O2. The molecule has 2 N–H and O–H groups in total. The Bertz CT molecular complexity index is 524. The third-order valence-corrected chi connectivity index (χ3v) is 4.43. The maximum Gasteiger partial charge on any atom is 0.271 e. The van der Waals surface area contributed by atoms with Crippen molar-refractivity contribution in [2.75, 3.05) is 11.4 Å². The van der Waals surface area contributed by atoms with E-state index in [1.165, 1.54) is 0 Å². The molecule has 1 unspecified atom stereocenters. The number of hydrogen-bond donors (Lipinski definition) is 1. The first-order chi connectivity index (χ1) is 9.97. The molecule has 0 saturated heterocycles. The fourth-order valence-corrected chi connectivity index (χ4v) is 2.78. The fourth-order valence-electron chi connectivity index (χ4n) is 2.78. The minimum Gasteiger partial charge on any atom is -0.475 e. The van der Waals surface area contributed by atoms with Crippen molar-refractivity contribution in [3.8, 4) is 5.75 Å². The Kier molecular flexibility index (Phi) is 4.57. The second-order valence-corrected chi connectivity index (χ2v) is 5.86. The molecule has 0 spiro atoms. The van der Waals surface area contributed by atoms with Crippen LogP contribution in [0.25, 0.3) is 0 Å². The molecule has 1 aromatic rings. The average Bonchev–Trinajstić information content (AvgIpc) is 2.50. The molecular weight excluding hydrogens is 264 g/mol. The van der Waals surface area contributed by atoms with Crippen molar-refractivity contribution in [1.82, 2.24) is 0 Å². The normalized spacial score (nSPS) is 18.1. The molecule has 1 heterocycles. The van der Waals surface area contributed by atoms with Crippen LogP contribution in [0.15, 0.2) is 18.2 Å². The lowest BCUT2D eigenvalue weighted by atomic mass is 9.92. The van der Waals surface area contributed by atoms with E-state index in [1.54, 1.807) is 0 Å². The average molecular weight is 290 g/mol. The summed E-state index contributed by atoms with van der Waals surface area (Å²) in [5.41, 5.74) is 7.30. The molecule has 1 aliphatic heterocycles. The number of carbonyl (C=O) groups is 1. The maximum atomic E-state index is 13.0. The third-order valence-electron chi connectivity index (χ3n) is 4.43. The van der Waals surface area contributed by atoms with E-state index in [0.717, 1.165) is 23.4 Å². The second-order valence-electron chi connectivity index (χ2n) is 5.86. The summed E-state index contributed by atoms with van der Waals surface area (Å²) < 4.78 is 6.10. The maximum absolute atomic E-state index is 13.0. The minimum atomic E-state index is -0.754. The highest BCUT2D eigenvalue weighted by molar-refractivity contribution is 6.03. The van der Waals surface area contributed by atoms with Crippen molar-refractivity contribution in [3.63, 3.8) is 0 Å². The number of fused-ring (bicyclic) bond motifs is 1. The van der Waals surface area contributed by atoms with Gasteiger partial charge >= 0.3 is 0 Å². The van der Waals surface area contributed by atoms with Crippen LogP contribution >= 0.6 is 0 Å². The summed E-state index contributed by atoms with van der Waals surface area (Å²) in [7, 11) is 0. The molecule has 1 amide bonds. The van der Waals surface area contributed by atoms with E-state index in [-0.39, 0.29) is 11.9 Å². The van der Waals surface area contributed by atoms with E-state index >= 15 is 0 Å². The van der Waals surface area contributed by atoms with Gasteiger partial charge in [0.25, 0.3) is 5.91 Å². The molecule has 0 bridgehead atoms. The summed E-state index contributed by atoms with van der Waals surface area (Å²) in [5, 5.41) is 0. The predicted molar refractivity (Wildman–Crippen MR) is 85.7 cm³/mol. The smallest absolute Gasteiger partial charge is 0.271 e. The third kappa shape index (κ3) is 2.77. The molecule has 0 saturated carbocycles. The first kappa shape index (κ1) is 15.8. The molecule has 0 radical (unpaired) electrons. The van der Waals surface area contributed by atoms with Crippen molar-refractivity contribution in [3.05, 3.63) is 23.8 Å². The standard InChI is InChI=1S/C17H26N2O2/c1-5-13(18)11-19-14-10-12(4)8-9-15(14)21-17(6-2,7-3)16(19)20/h8-10,13H,5-7,11,18H2,1-4H3. The van der Waals surface area contributed by atoms with E-state index in [2.05, 4.69) is 0 Å². The number of aryl methyl sites for hydroxylation is 1. The molecule has 2 rings (SSSR count). The zero-order valence-electron chi connectivity index (χ0n) is 13.5. The van der Waals surface area contributed by atoms with Gasteiger partial charge in [0, 0.05) is 12.6 Å². The van der Waals surface area contributed by atoms with Crippen LogP contribution in [0, 0.1) is 6.92 Å². The molecule has 0 fully saturated rings. The van der Waals surface area contributed by atoms with Gasteiger partial charge in [0.15, 0.2) is 5.60 Å². The van der Waals surface area contributed by atoms with Gasteiger partial charge in [-0.15, -0.1) is 0 Å². The summed E-state index contributed by atoms with van der Waals surface area (Å²) in [6.45, 7) is 8.59. The van der Waals surface area contributed by atoms with Gasteiger partial charge < -0.3 is 15.4 Å². The monoisotopic (exact) mass is 290 g/mol. The van der Waals surface area contributed by atoms with E-state index in [0.29, 0.717) is 19.4 Å². The number of benzene rings is 1. The summed E-state index contributed by atoms with van der Waals surface area (Å²) in [6.07, 6.45) is 2.16. The fraction of sp³-hybridized carbons (Fsp3) is 0.588. The van der Waals surface area contributed by atoms with Crippen molar-refractivity contribution >= 4 is 11.6 Å². The lowest BCUT2D eigenvalue weighted by molar-refractivity contribution is -0.136. The Morgan fingerprint density at radius 3 is 2.52 bits per heavy atom. The number of ether oxygens (including phenoxy) is 1. The quantitative estimate of drug-likeness (QED) is 0.907. The highest BCUT2D eigenvalue weighted by Crippen LogP contribution is 2.41. The largest absolute Gasteiger partial charge is 0.475 e. The summed E-state index contributed by atoms with van der Waals surface area (Å²) >= 11 is 0. The van der Waals surface area contributed by atoms with Gasteiger partial charge in [-0.1, -0.05) is 26.8 Å². The van der Waals surface area contributed by atoms with Gasteiger partial charge in [-0.2, -0.15) is 0 Å². The number of hydrogen-bond acceptors (Lipinski definition) is 3. The van der Waals surface area contributed by atoms with E-state index in [4.69, 9.17) is 10.5 Å². The lowest BCUT2D eigenvalue weighted by Crippen LogP contribution is -2.57. The molecule has 21 heavy (non-hydrogen) atoms. The first-order valence-electron chi connectivity index (χ1n) is 7.84. The van der Waals surface area contributed by atoms with E-state index in [1.807, 2.05) is 50.8 Å². The Balaban J connectivity index is 2.49. The van der Waals surface area contributed by atoms with Crippen molar-refractivity contribution < 1.29 is 9.53 Å². The predicted octanol–water partition coefficient (Wildman–Crippen LogP) is 3.02. The Hall–Kier alpha value is -1.55. The van der Waals surface area contributed by atoms with E-state index < -0.39 is 5.60 Å². The molecule has 1 atom stereocenters. The molecule has 4 heteroatoms.